The van der Waals surface area contributed by atoms with Crippen LogP contribution in [0.4, 0.5) is 0 Å². The van der Waals surface area contributed by atoms with Gasteiger partial charge < -0.3 is 14.6 Å². The number of aliphatic hydroxyl groups excluding tert-OH is 1. The van der Waals surface area contributed by atoms with E-state index in [0.29, 0.717) is 12.0 Å². The van der Waals surface area contributed by atoms with Gasteiger partial charge in [0.2, 0.25) is 0 Å². The smallest absolute Gasteiger partial charge is 0.337 e. The highest BCUT2D eigenvalue weighted by Gasteiger charge is 2.48. The Kier molecular flexibility index (Phi) is 3.96. The van der Waals surface area contributed by atoms with Gasteiger partial charge in [0.25, 0.3) is 0 Å². The summed E-state index contributed by atoms with van der Waals surface area (Å²) in [5, 5.41) is 10.7. The Bertz CT molecular complexity index is 825. The van der Waals surface area contributed by atoms with Crippen molar-refractivity contribution in [1.29, 1.82) is 0 Å². The van der Waals surface area contributed by atoms with E-state index in [1.165, 1.54) is 0 Å². The summed E-state index contributed by atoms with van der Waals surface area (Å²) in [5.41, 5.74) is 2.53. The monoisotopic (exact) mass is 336 g/mol. The number of esters is 1. The summed E-state index contributed by atoms with van der Waals surface area (Å²) in [5.74, 6) is 0.350. The summed E-state index contributed by atoms with van der Waals surface area (Å²) in [6.45, 7) is 2.04. The van der Waals surface area contributed by atoms with Gasteiger partial charge in [-0.05, 0) is 30.9 Å². The molecule has 4 heteroatoms. The van der Waals surface area contributed by atoms with Crippen molar-refractivity contribution >= 4 is 5.97 Å². The largest absolute Gasteiger partial charge is 0.508 e. The summed E-state index contributed by atoms with van der Waals surface area (Å²) in [4.78, 5) is 12.4. The Balaban J connectivity index is 1.82. The zero-order valence-corrected chi connectivity index (χ0v) is 14.0. The first-order chi connectivity index (χ1) is 12.2. The molecule has 2 aliphatic rings. The number of fused-ring (bicyclic) bond motifs is 3. The van der Waals surface area contributed by atoms with E-state index in [4.69, 9.17) is 9.47 Å². The van der Waals surface area contributed by atoms with Gasteiger partial charge in [0, 0.05) is 11.5 Å². The molecule has 2 aromatic carbocycles. The number of aliphatic hydroxyl groups is 1. The van der Waals surface area contributed by atoms with Crippen LogP contribution < -0.4 is 4.74 Å². The van der Waals surface area contributed by atoms with Gasteiger partial charge in [-0.2, -0.15) is 0 Å². The lowest BCUT2D eigenvalue weighted by Crippen LogP contribution is -2.34. The van der Waals surface area contributed by atoms with Crippen molar-refractivity contribution in [2.24, 2.45) is 0 Å². The first-order valence-corrected chi connectivity index (χ1v) is 8.60. The quantitative estimate of drug-likeness (QED) is 0.858. The van der Waals surface area contributed by atoms with Crippen LogP contribution in [0.15, 0.2) is 65.9 Å². The number of carbonyl (C=O) groups is 1. The number of hydrogen-bond acceptors (Lipinski definition) is 4. The van der Waals surface area contributed by atoms with E-state index < -0.39 is 12.1 Å². The zero-order chi connectivity index (χ0) is 17.4. The fourth-order valence-corrected chi connectivity index (χ4v) is 3.94. The normalized spacial score (nSPS) is 24.3. The maximum Gasteiger partial charge on any atom is 0.337 e. The molecule has 0 saturated carbocycles. The minimum Gasteiger partial charge on any atom is -0.508 e. The molecule has 1 aliphatic heterocycles. The average molecular weight is 336 g/mol. The molecule has 0 saturated heterocycles. The second-order valence-corrected chi connectivity index (χ2v) is 6.41. The third kappa shape index (κ3) is 2.58. The maximum absolute atomic E-state index is 12.4. The fraction of sp³-hybridized carbons (Fsp3) is 0.286. The van der Waals surface area contributed by atoms with Crippen molar-refractivity contribution in [1.82, 2.24) is 0 Å². The Morgan fingerprint density at radius 1 is 1.16 bits per heavy atom. The highest BCUT2D eigenvalue weighted by atomic mass is 16.5. The molecule has 1 N–H and O–H groups in total. The number of benzene rings is 2. The molecule has 25 heavy (non-hydrogen) atoms. The first-order valence-electron chi connectivity index (χ1n) is 8.60. The predicted octanol–water partition coefficient (Wildman–Crippen LogP) is 4.09. The first kappa shape index (κ1) is 15.8. The molecule has 2 aromatic rings. The number of carbonyl (C=O) groups excluding carboxylic acids is 1. The van der Waals surface area contributed by atoms with Crippen molar-refractivity contribution < 1.29 is 19.4 Å². The summed E-state index contributed by atoms with van der Waals surface area (Å²) in [6.07, 6.45) is -0.108. The van der Waals surface area contributed by atoms with E-state index in [0.717, 1.165) is 16.9 Å². The third-order valence-electron chi connectivity index (χ3n) is 5.04. The Morgan fingerprint density at radius 3 is 2.64 bits per heavy atom. The molecule has 128 valence electrons. The van der Waals surface area contributed by atoms with Gasteiger partial charge in [-0.25, -0.2) is 4.79 Å². The van der Waals surface area contributed by atoms with Gasteiger partial charge >= 0.3 is 5.97 Å². The molecule has 4 rings (SSSR count). The predicted molar refractivity (Wildman–Crippen MR) is 93.7 cm³/mol. The summed E-state index contributed by atoms with van der Waals surface area (Å²) in [6, 6.07) is 17.9. The highest BCUT2D eigenvalue weighted by Crippen LogP contribution is 2.53. The lowest BCUT2D eigenvalue weighted by Gasteiger charge is -2.33. The highest BCUT2D eigenvalue weighted by molar-refractivity contribution is 5.90. The lowest BCUT2D eigenvalue weighted by atomic mass is 9.71. The van der Waals surface area contributed by atoms with Crippen molar-refractivity contribution in [3.8, 4) is 5.75 Å². The SMILES string of the molecule is CCOC(=O)C1=C(O)[C@H]2Oc3ccccc3[C@H]2[C@H](c2ccccc2)C1. The van der Waals surface area contributed by atoms with E-state index in [-0.39, 0.29) is 24.2 Å². The lowest BCUT2D eigenvalue weighted by molar-refractivity contribution is -0.139. The summed E-state index contributed by atoms with van der Waals surface area (Å²) >= 11 is 0. The van der Waals surface area contributed by atoms with Crippen molar-refractivity contribution in [2.45, 2.75) is 31.3 Å². The molecule has 3 atom stereocenters. The van der Waals surface area contributed by atoms with Crippen LogP contribution in [0.2, 0.25) is 0 Å². The number of hydrogen-bond donors (Lipinski definition) is 1. The van der Waals surface area contributed by atoms with Crippen LogP contribution in [0.3, 0.4) is 0 Å². The maximum atomic E-state index is 12.4. The molecule has 0 radical (unpaired) electrons. The number of para-hydroxylation sites is 1. The molecule has 0 amide bonds. The Labute approximate surface area is 146 Å². The van der Waals surface area contributed by atoms with Gasteiger partial charge in [0.15, 0.2) is 6.10 Å². The van der Waals surface area contributed by atoms with Gasteiger partial charge in [0.05, 0.1) is 12.2 Å². The van der Waals surface area contributed by atoms with Crippen LogP contribution in [-0.2, 0) is 9.53 Å². The van der Waals surface area contributed by atoms with Gasteiger partial charge in [-0.1, -0.05) is 48.5 Å². The minimum absolute atomic E-state index is 0.00633. The number of ether oxygens (including phenoxy) is 2. The van der Waals surface area contributed by atoms with Crippen molar-refractivity contribution in [3.63, 3.8) is 0 Å². The van der Waals surface area contributed by atoms with Crippen LogP contribution in [-0.4, -0.2) is 23.8 Å². The van der Waals surface area contributed by atoms with E-state index in [9.17, 15) is 9.90 Å². The van der Waals surface area contributed by atoms with E-state index in [1.807, 2.05) is 42.5 Å². The molecule has 0 bridgehead atoms. The van der Waals surface area contributed by atoms with E-state index in [1.54, 1.807) is 6.92 Å². The second kappa shape index (κ2) is 6.28. The molecule has 4 nitrogen and oxygen atoms in total. The number of rotatable bonds is 3. The van der Waals surface area contributed by atoms with Gasteiger partial charge in [-0.3, -0.25) is 0 Å². The average Bonchev–Trinajstić information content (AvgIpc) is 3.03. The molecule has 0 spiro atoms. The van der Waals surface area contributed by atoms with Crippen LogP contribution in [0, 0.1) is 0 Å². The molecular formula is C21H20O4. The Hall–Kier alpha value is -2.75. The molecule has 0 fully saturated rings. The van der Waals surface area contributed by atoms with Crippen LogP contribution in [0.1, 0.15) is 36.3 Å². The summed E-state index contributed by atoms with van der Waals surface area (Å²) in [7, 11) is 0. The molecular weight excluding hydrogens is 316 g/mol. The van der Waals surface area contributed by atoms with Crippen molar-refractivity contribution in [3.05, 3.63) is 77.1 Å². The minimum atomic E-state index is -0.546. The fourth-order valence-electron chi connectivity index (χ4n) is 3.94. The van der Waals surface area contributed by atoms with Gasteiger partial charge in [-0.15, -0.1) is 0 Å². The van der Waals surface area contributed by atoms with E-state index >= 15 is 0 Å². The van der Waals surface area contributed by atoms with Crippen molar-refractivity contribution in [2.75, 3.05) is 6.61 Å². The topological polar surface area (TPSA) is 55.8 Å². The van der Waals surface area contributed by atoms with Gasteiger partial charge in [0.1, 0.15) is 11.5 Å². The van der Waals surface area contributed by atoms with E-state index in [2.05, 4.69) is 12.1 Å². The van der Waals surface area contributed by atoms with Crippen LogP contribution >= 0.6 is 0 Å². The molecule has 1 heterocycles. The summed E-state index contributed by atoms with van der Waals surface area (Å²) < 4.78 is 11.2. The zero-order valence-electron chi connectivity index (χ0n) is 14.0. The second-order valence-electron chi connectivity index (χ2n) is 6.41. The van der Waals surface area contributed by atoms with Crippen LogP contribution in [0.5, 0.6) is 5.75 Å². The Morgan fingerprint density at radius 2 is 1.88 bits per heavy atom. The third-order valence-corrected chi connectivity index (χ3v) is 5.04. The molecule has 1 aliphatic carbocycles. The van der Waals surface area contributed by atoms with Crippen LogP contribution in [0.25, 0.3) is 0 Å². The molecule has 0 aromatic heterocycles. The standard InChI is InChI=1S/C21H20O4/c1-2-24-21(23)16-12-15(13-8-4-3-5-9-13)18-14-10-6-7-11-17(14)25-20(18)19(16)22/h3-11,15,18,20,22H,2,12H2,1H3/t15-,18-,20-/m0/s1. The molecule has 0 unspecified atom stereocenters.